The van der Waals surface area contributed by atoms with Crippen molar-refractivity contribution in [1.82, 2.24) is 9.55 Å². The minimum absolute atomic E-state index is 0.346. The van der Waals surface area contributed by atoms with E-state index in [1.54, 1.807) is 23.9 Å². The van der Waals surface area contributed by atoms with Crippen molar-refractivity contribution in [2.45, 2.75) is 26.8 Å². The fourth-order valence-electron chi connectivity index (χ4n) is 1.12. The maximum Gasteiger partial charge on any atom is 0.374 e. The summed E-state index contributed by atoms with van der Waals surface area (Å²) in [5.41, 5.74) is 0. The Morgan fingerprint density at radius 2 is 2.38 bits per heavy atom. The van der Waals surface area contributed by atoms with Crippen LogP contribution in [-0.4, -0.2) is 22.1 Å². The van der Waals surface area contributed by atoms with Crippen LogP contribution in [-0.2, 0) is 11.3 Å². The molecular weight excluding hydrogens is 168 g/mol. The zero-order valence-electron chi connectivity index (χ0n) is 7.99. The van der Waals surface area contributed by atoms with E-state index in [9.17, 15) is 4.79 Å². The van der Waals surface area contributed by atoms with Gasteiger partial charge in [0.25, 0.3) is 0 Å². The molecule has 4 nitrogen and oxygen atoms in total. The quantitative estimate of drug-likeness (QED) is 0.662. The average molecular weight is 182 g/mol. The van der Waals surface area contributed by atoms with Gasteiger partial charge in [-0.1, -0.05) is 6.92 Å². The fourth-order valence-corrected chi connectivity index (χ4v) is 1.12. The molecule has 0 bridgehead atoms. The van der Waals surface area contributed by atoms with Crippen molar-refractivity contribution in [3.63, 3.8) is 0 Å². The van der Waals surface area contributed by atoms with Gasteiger partial charge in [-0.2, -0.15) is 0 Å². The van der Waals surface area contributed by atoms with Crippen LogP contribution in [0.1, 0.15) is 30.9 Å². The van der Waals surface area contributed by atoms with Crippen molar-refractivity contribution in [2.75, 3.05) is 6.61 Å². The Hall–Kier alpha value is -1.32. The lowest BCUT2D eigenvalue weighted by Crippen LogP contribution is -2.13. The second-order valence-electron chi connectivity index (χ2n) is 2.66. The molecule has 0 spiro atoms. The maximum absolute atomic E-state index is 11.3. The molecule has 13 heavy (non-hydrogen) atoms. The second kappa shape index (κ2) is 4.64. The largest absolute Gasteiger partial charge is 0.460 e. The summed E-state index contributed by atoms with van der Waals surface area (Å²) in [6.07, 6.45) is 4.38. The molecule has 0 aliphatic rings. The van der Waals surface area contributed by atoms with Crippen molar-refractivity contribution < 1.29 is 9.53 Å². The summed E-state index contributed by atoms with van der Waals surface area (Å²) in [4.78, 5) is 15.2. The molecule has 0 fully saturated rings. The van der Waals surface area contributed by atoms with Crippen LogP contribution in [0.4, 0.5) is 0 Å². The van der Waals surface area contributed by atoms with E-state index in [1.807, 2.05) is 0 Å². The molecule has 0 atom stereocenters. The third-order valence-electron chi connectivity index (χ3n) is 1.64. The minimum Gasteiger partial charge on any atom is -0.460 e. The highest BCUT2D eigenvalue weighted by Gasteiger charge is 2.12. The zero-order chi connectivity index (χ0) is 9.68. The van der Waals surface area contributed by atoms with Gasteiger partial charge in [0.15, 0.2) is 0 Å². The van der Waals surface area contributed by atoms with Gasteiger partial charge >= 0.3 is 5.97 Å². The molecule has 0 radical (unpaired) electrons. The molecule has 0 aromatic carbocycles. The van der Waals surface area contributed by atoms with Crippen molar-refractivity contribution in [2.24, 2.45) is 0 Å². The number of esters is 1. The number of imidazole rings is 1. The van der Waals surface area contributed by atoms with Crippen LogP contribution in [0.25, 0.3) is 0 Å². The minimum atomic E-state index is -0.346. The lowest BCUT2D eigenvalue weighted by Gasteiger charge is -2.04. The van der Waals surface area contributed by atoms with Crippen molar-refractivity contribution in [3.05, 3.63) is 18.2 Å². The third-order valence-corrected chi connectivity index (χ3v) is 1.64. The first kappa shape index (κ1) is 9.77. The van der Waals surface area contributed by atoms with Crippen molar-refractivity contribution in [1.29, 1.82) is 0 Å². The van der Waals surface area contributed by atoms with E-state index in [0.29, 0.717) is 12.4 Å². The Kier molecular flexibility index (Phi) is 3.49. The predicted octanol–water partition coefficient (Wildman–Crippen LogP) is 1.47. The monoisotopic (exact) mass is 182 g/mol. The molecule has 0 aliphatic heterocycles. The highest BCUT2D eigenvalue weighted by Crippen LogP contribution is 2.01. The fraction of sp³-hybridized carbons (Fsp3) is 0.556. The number of aryl methyl sites for hydroxylation is 1. The van der Waals surface area contributed by atoms with Gasteiger partial charge < -0.3 is 9.30 Å². The zero-order valence-corrected chi connectivity index (χ0v) is 7.99. The SMILES string of the molecule is CCCn1ccnc1C(=O)OCC. The van der Waals surface area contributed by atoms with Gasteiger partial charge in [-0.15, -0.1) is 0 Å². The summed E-state index contributed by atoms with van der Waals surface area (Å²) in [5.74, 6) is 0.0460. The molecule has 0 aliphatic carbocycles. The van der Waals surface area contributed by atoms with E-state index >= 15 is 0 Å². The summed E-state index contributed by atoms with van der Waals surface area (Å²) in [6.45, 7) is 5.02. The molecule has 1 heterocycles. The van der Waals surface area contributed by atoms with Crippen LogP contribution < -0.4 is 0 Å². The first-order valence-electron chi connectivity index (χ1n) is 4.47. The smallest absolute Gasteiger partial charge is 0.374 e. The number of ether oxygens (including phenoxy) is 1. The first-order chi connectivity index (χ1) is 6.29. The molecule has 4 heteroatoms. The summed E-state index contributed by atoms with van der Waals surface area (Å²) in [5, 5.41) is 0. The van der Waals surface area contributed by atoms with Gasteiger partial charge in [-0.25, -0.2) is 9.78 Å². The predicted molar refractivity (Wildman–Crippen MR) is 48.5 cm³/mol. The third kappa shape index (κ3) is 2.31. The van der Waals surface area contributed by atoms with E-state index < -0.39 is 0 Å². The van der Waals surface area contributed by atoms with E-state index in [4.69, 9.17) is 4.74 Å². The average Bonchev–Trinajstić information content (AvgIpc) is 2.54. The summed E-state index contributed by atoms with van der Waals surface area (Å²) in [7, 11) is 0. The number of aromatic nitrogens is 2. The highest BCUT2D eigenvalue weighted by atomic mass is 16.5. The second-order valence-corrected chi connectivity index (χ2v) is 2.66. The Bertz CT molecular complexity index is 281. The summed E-state index contributed by atoms with van der Waals surface area (Å²) in [6, 6.07) is 0. The summed E-state index contributed by atoms with van der Waals surface area (Å²) >= 11 is 0. The van der Waals surface area contributed by atoms with Gasteiger partial charge in [-0.3, -0.25) is 0 Å². The molecule has 1 rings (SSSR count). The molecule has 0 saturated heterocycles. The Labute approximate surface area is 77.5 Å². The highest BCUT2D eigenvalue weighted by molar-refractivity contribution is 5.85. The summed E-state index contributed by atoms with van der Waals surface area (Å²) < 4.78 is 6.65. The molecule has 1 aromatic heterocycles. The van der Waals surface area contributed by atoms with E-state index in [1.165, 1.54) is 0 Å². The van der Waals surface area contributed by atoms with Crippen LogP contribution in [0.5, 0.6) is 0 Å². The van der Waals surface area contributed by atoms with Crippen LogP contribution >= 0.6 is 0 Å². The molecule has 1 aromatic rings. The van der Waals surface area contributed by atoms with Crippen LogP contribution in [0, 0.1) is 0 Å². The maximum atomic E-state index is 11.3. The molecule has 0 saturated carbocycles. The van der Waals surface area contributed by atoms with Gasteiger partial charge in [0, 0.05) is 18.9 Å². The van der Waals surface area contributed by atoms with Crippen molar-refractivity contribution >= 4 is 5.97 Å². The molecule has 0 amide bonds. The van der Waals surface area contributed by atoms with Gasteiger partial charge in [-0.05, 0) is 13.3 Å². The van der Waals surface area contributed by atoms with Crippen LogP contribution in [0.15, 0.2) is 12.4 Å². The standard InChI is InChI=1S/C9H14N2O2/c1-3-6-11-7-5-10-8(11)9(12)13-4-2/h5,7H,3-4,6H2,1-2H3. The number of nitrogens with zero attached hydrogens (tertiary/aromatic N) is 2. The molecule has 0 N–H and O–H groups in total. The van der Waals surface area contributed by atoms with Gasteiger partial charge in [0.05, 0.1) is 6.61 Å². The molecular formula is C9H14N2O2. The molecule has 0 unspecified atom stereocenters. The Balaban J connectivity index is 2.74. The van der Waals surface area contributed by atoms with Crippen LogP contribution in [0.3, 0.4) is 0 Å². The number of rotatable bonds is 4. The first-order valence-corrected chi connectivity index (χ1v) is 4.47. The Morgan fingerprint density at radius 1 is 1.62 bits per heavy atom. The number of carbonyl (C=O) groups excluding carboxylic acids is 1. The number of carbonyl (C=O) groups is 1. The number of hydrogen-bond donors (Lipinski definition) is 0. The van der Waals surface area contributed by atoms with E-state index in [-0.39, 0.29) is 5.97 Å². The topological polar surface area (TPSA) is 44.1 Å². The lowest BCUT2D eigenvalue weighted by molar-refractivity contribution is 0.0506. The van der Waals surface area contributed by atoms with Crippen LogP contribution in [0.2, 0.25) is 0 Å². The van der Waals surface area contributed by atoms with Gasteiger partial charge in [0.2, 0.25) is 5.82 Å². The Morgan fingerprint density at radius 3 is 3.00 bits per heavy atom. The van der Waals surface area contributed by atoms with Crippen molar-refractivity contribution in [3.8, 4) is 0 Å². The van der Waals surface area contributed by atoms with E-state index in [2.05, 4.69) is 11.9 Å². The van der Waals surface area contributed by atoms with E-state index in [0.717, 1.165) is 13.0 Å². The molecule has 72 valence electrons. The lowest BCUT2D eigenvalue weighted by atomic mass is 10.4. The normalized spacial score (nSPS) is 10.0. The van der Waals surface area contributed by atoms with Gasteiger partial charge in [0.1, 0.15) is 0 Å². The number of hydrogen-bond acceptors (Lipinski definition) is 3.